The molecule has 10 heteroatoms. The molecule has 0 bridgehead atoms. The zero-order chi connectivity index (χ0) is 27.4. The highest BCUT2D eigenvalue weighted by atomic mass is 16.5. The molecule has 0 fully saturated rings. The van der Waals surface area contributed by atoms with E-state index < -0.39 is 6.04 Å². The minimum Gasteiger partial charge on any atom is -0.497 e. The summed E-state index contributed by atoms with van der Waals surface area (Å²) in [6, 6.07) is 17.2. The molecule has 1 unspecified atom stereocenters. The zero-order valence-corrected chi connectivity index (χ0v) is 22.5. The molecule has 0 amide bonds. The SMILES string of the molecule is COCCn1nnnc1C(c1cc2cc(C)cc(C)c2[nH]c1=O)N(Cc1ccc(OC)cc1)Cc1ccco1. The second-order valence-electron chi connectivity index (χ2n) is 9.59. The summed E-state index contributed by atoms with van der Waals surface area (Å²) in [5.74, 6) is 2.07. The summed E-state index contributed by atoms with van der Waals surface area (Å²) in [6.45, 7) is 5.83. The number of ether oxygens (including phenoxy) is 2. The molecule has 2 aromatic carbocycles. The fourth-order valence-corrected chi connectivity index (χ4v) is 4.96. The Kier molecular flexibility index (Phi) is 7.85. The maximum atomic E-state index is 13.8. The molecule has 0 aliphatic carbocycles. The molecule has 5 aromatic rings. The minimum atomic E-state index is -0.585. The van der Waals surface area contributed by atoms with Gasteiger partial charge in [-0.05, 0) is 77.2 Å². The van der Waals surface area contributed by atoms with Gasteiger partial charge >= 0.3 is 0 Å². The third-order valence-electron chi connectivity index (χ3n) is 6.78. The quantitative estimate of drug-likeness (QED) is 0.272. The summed E-state index contributed by atoms with van der Waals surface area (Å²) >= 11 is 0. The molecule has 0 aliphatic rings. The molecule has 1 N–H and O–H groups in total. The smallest absolute Gasteiger partial charge is 0.253 e. The van der Waals surface area contributed by atoms with Gasteiger partial charge in [-0.1, -0.05) is 23.8 Å². The topological polar surface area (TPSA) is 111 Å². The number of nitrogens with zero attached hydrogens (tertiary/aromatic N) is 5. The predicted molar refractivity (Wildman–Crippen MR) is 147 cm³/mol. The van der Waals surface area contributed by atoms with Crippen LogP contribution >= 0.6 is 0 Å². The van der Waals surface area contributed by atoms with E-state index in [4.69, 9.17) is 13.9 Å². The van der Waals surface area contributed by atoms with E-state index in [1.807, 2.05) is 56.3 Å². The van der Waals surface area contributed by atoms with Crippen molar-refractivity contribution in [2.45, 2.75) is 39.5 Å². The van der Waals surface area contributed by atoms with Crippen molar-refractivity contribution in [3.63, 3.8) is 0 Å². The van der Waals surface area contributed by atoms with Gasteiger partial charge in [0.2, 0.25) is 0 Å². The Balaban J connectivity index is 1.68. The van der Waals surface area contributed by atoms with Crippen LogP contribution in [0.2, 0.25) is 0 Å². The Labute approximate surface area is 226 Å². The minimum absolute atomic E-state index is 0.195. The van der Waals surface area contributed by atoms with Gasteiger partial charge in [0.25, 0.3) is 5.56 Å². The van der Waals surface area contributed by atoms with Crippen molar-refractivity contribution in [1.29, 1.82) is 0 Å². The van der Waals surface area contributed by atoms with Gasteiger partial charge in [-0.3, -0.25) is 9.69 Å². The first-order valence-corrected chi connectivity index (χ1v) is 12.8. The summed E-state index contributed by atoms with van der Waals surface area (Å²) < 4.78 is 18.1. The van der Waals surface area contributed by atoms with E-state index >= 15 is 0 Å². The number of tetrazole rings is 1. The number of methoxy groups -OCH3 is 2. The van der Waals surface area contributed by atoms with Crippen LogP contribution in [0, 0.1) is 13.8 Å². The zero-order valence-electron chi connectivity index (χ0n) is 22.5. The van der Waals surface area contributed by atoms with E-state index in [-0.39, 0.29) is 5.56 Å². The number of pyridine rings is 1. The lowest BCUT2D eigenvalue weighted by molar-refractivity contribution is 0.163. The number of furan rings is 1. The van der Waals surface area contributed by atoms with Gasteiger partial charge in [0.1, 0.15) is 17.6 Å². The van der Waals surface area contributed by atoms with Crippen molar-refractivity contribution in [2.75, 3.05) is 20.8 Å². The Hall–Kier alpha value is -4.28. The van der Waals surface area contributed by atoms with E-state index in [1.54, 1.807) is 25.2 Å². The summed E-state index contributed by atoms with van der Waals surface area (Å²) in [5.41, 5.74) is 4.33. The van der Waals surface area contributed by atoms with Crippen molar-refractivity contribution in [2.24, 2.45) is 0 Å². The highest BCUT2D eigenvalue weighted by molar-refractivity contribution is 5.83. The van der Waals surface area contributed by atoms with E-state index in [2.05, 4.69) is 37.5 Å². The number of hydrogen-bond donors (Lipinski definition) is 1. The number of aromatic amines is 1. The van der Waals surface area contributed by atoms with Crippen LogP contribution in [0.4, 0.5) is 0 Å². The Bertz CT molecular complexity index is 1590. The number of aromatic nitrogens is 5. The number of H-pyrrole nitrogens is 1. The molecular weight excluding hydrogens is 496 g/mol. The Morgan fingerprint density at radius 2 is 1.90 bits per heavy atom. The second-order valence-corrected chi connectivity index (χ2v) is 9.59. The normalized spacial score (nSPS) is 12.3. The van der Waals surface area contributed by atoms with Gasteiger partial charge in [0.05, 0.1) is 38.6 Å². The lowest BCUT2D eigenvalue weighted by Gasteiger charge is -2.30. The maximum absolute atomic E-state index is 13.8. The molecular formula is C29H32N6O4. The third-order valence-corrected chi connectivity index (χ3v) is 6.78. The van der Waals surface area contributed by atoms with Crippen LogP contribution in [-0.4, -0.2) is 50.9 Å². The van der Waals surface area contributed by atoms with Gasteiger partial charge in [0, 0.05) is 19.2 Å². The van der Waals surface area contributed by atoms with Crippen LogP contribution in [0.15, 0.2) is 70.1 Å². The Morgan fingerprint density at radius 1 is 1.08 bits per heavy atom. The molecule has 10 nitrogen and oxygen atoms in total. The summed E-state index contributed by atoms with van der Waals surface area (Å²) in [5, 5.41) is 13.6. The van der Waals surface area contributed by atoms with Crippen LogP contribution in [0.1, 0.15) is 39.9 Å². The molecule has 39 heavy (non-hydrogen) atoms. The second kappa shape index (κ2) is 11.6. The molecule has 3 heterocycles. The molecule has 0 spiro atoms. The van der Waals surface area contributed by atoms with Crippen LogP contribution in [0.25, 0.3) is 10.9 Å². The highest BCUT2D eigenvalue weighted by Crippen LogP contribution is 2.31. The van der Waals surface area contributed by atoms with E-state index in [1.165, 1.54) is 0 Å². The van der Waals surface area contributed by atoms with E-state index in [0.717, 1.165) is 39.1 Å². The highest BCUT2D eigenvalue weighted by Gasteiger charge is 2.31. The number of fused-ring (bicyclic) bond motifs is 1. The van der Waals surface area contributed by atoms with E-state index in [9.17, 15) is 4.79 Å². The summed E-state index contributed by atoms with van der Waals surface area (Å²) in [7, 11) is 3.27. The van der Waals surface area contributed by atoms with Crippen LogP contribution in [0.3, 0.4) is 0 Å². The molecule has 0 radical (unpaired) electrons. The summed E-state index contributed by atoms with van der Waals surface area (Å²) in [4.78, 5) is 19.0. The molecule has 0 saturated carbocycles. The van der Waals surface area contributed by atoms with Crippen molar-refractivity contribution >= 4 is 10.9 Å². The first-order valence-electron chi connectivity index (χ1n) is 12.8. The Morgan fingerprint density at radius 3 is 2.62 bits per heavy atom. The average molecular weight is 529 g/mol. The monoisotopic (exact) mass is 528 g/mol. The first kappa shape index (κ1) is 26.3. The van der Waals surface area contributed by atoms with Crippen molar-refractivity contribution in [3.8, 4) is 5.75 Å². The number of benzene rings is 2. The molecule has 0 aliphatic heterocycles. The molecule has 202 valence electrons. The third kappa shape index (κ3) is 5.76. The lowest BCUT2D eigenvalue weighted by atomic mass is 10.00. The van der Waals surface area contributed by atoms with Gasteiger partial charge in [-0.2, -0.15) is 0 Å². The average Bonchev–Trinajstić information content (AvgIpc) is 3.61. The lowest BCUT2D eigenvalue weighted by Crippen LogP contribution is -2.35. The van der Waals surface area contributed by atoms with Gasteiger partial charge in [0.15, 0.2) is 5.82 Å². The van der Waals surface area contributed by atoms with Gasteiger partial charge < -0.3 is 18.9 Å². The van der Waals surface area contributed by atoms with Crippen LogP contribution in [-0.2, 0) is 24.4 Å². The van der Waals surface area contributed by atoms with Crippen molar-refractivity contribution < 1.29 is 13.9 Å². The first-order chi connectivity index (χ1) is 19.0. The maximum Gasteiger partial charge on any atom is 0.253 e. The number of nitrogens with one attached hydrogen (secondary N) is 1. The fraction of sp³-hybridized carbons (Fsp3) is 0.310. The molecule has 1 atom stereocenters. The standard InChI is InChI=1S/C29H32N6O4/c1-19-14-20(2)26-22(15-19)16-25(29(36)30-26)27(28-31-32-33-35(28)11-13-37-3)34(18-24-6-5-12-39-24)17-21-7-9-23(38-4)10-8-21/h5-10,12,14-16,27H,11,13,17-18H2,1-4H3,(H,30,36). The van der Waals surface area contributed by atoms with Crippen molar-refractivity contribution in [3.05, 3.63) is 105 Å². The van der Waals surface area contributed by atoms with Crippen molar-refractivity contribution in [1.82, 2.24) is 30.1 Å². The number of hydrogen-bond acceptors (Lipinski definition) is 8. The molecule has 0 saturated heterocycles. The van der Waals surface area contributed by atoms with Crippen LogP contribution in [0.5, 0.6) is 5.75 Å². The van der Waals surface area contributed by atoms with E-state index in [0.29, 0.717) is 37.6 Å². The fourth-order valence-electron chi connectivity index (χ4n) is 4.96. The summed E-state index contributed by atoms with van der Waals surface area (Å²) in [6.07, 6.45) is 1.65. The number of aryl methyl sites for hydroxylation is 2. The molecule has 3 aromatic heterocycles. The predicted octanol–water partition coefficient (Wildman–Crippen LogP) is 4.17. The van der Waals surface area contributed by atoms with Crippen LogP contribution < -0.4 is 10.3 Å². The van der Waals surface area contributed by atoms with Gasteiger partial charge in [-0.15, -0.1) is 5.10 Å². The largest absolute Gasteiger partial charge is 0.497 e. The van der Waals surface area contributed by atoms with Gasteiger partial charge in [-0.25, -0.2) is 4.68 Å². The number of rotatable bonds is 11. The molecule has 5 rings (SSSR count).